The zero-order valence-electron chi connectivity index (χ0n) is 16.4. The molecule has 158 valence electrons. The molecule has 0 saturated carbocycles. The average Bonchev–Trinajstić information content (AvgIpc) is 3.27. The Morgan fingerprint density at radius 1 is 0.931 bits per heavy atom. The molecule has 0 spiro atoms. The number of likely N-dealkylation sites (tertiary alicyclic amines) is 1. The summed E-state index contributed by atoms with van der Waals surface area (Å²) in [5.74, 6) is 1.32. The summed E-state index contributed by atoms with van der Waals surface area (Å²) in [7, 11) is 0. The first-order chi connectivity index (χ1) is 13.4. The van der Waals surface area contributed by atoms with E-state index in [0.717, 1.165) is 18.0 Å². The van der Waals surface area contributed by atoms with Gasteiger partial charge in [-0.15, -0.1) is 36.2 Å². The lowest BCUT2D eigenvalue weighted by atomic mass is 10.2. The van der Waals surface area contributed by atoms with Gasteiger partial charge in [-0.25, -0.2) is 0 Å². The van der Waals surface area contributed by atoms with E-state index in [0.29, 0.717) is 18.3 Å². The van der Waals surface area contributed by atoms with Crippen molar-refractivity contribution < 1.29 is 4.52 Å². The van der Waals surface area contributed by atoms with Crippen molar-refractivity contribution in [1.29, 1.82) is 0 Å². The van der Waals surface area contributed by atoms with Gasteiger partial charge in [-0.2, -0.15) is 4.98 Å². The largest absolute Gasteiger partial charge is 0.333 e. The molecule has 3 aromatic rings. The maximum absolute atomic E-state index is 5.47. The summed E-state index contributed by atoms with van der Waals surface area (Å²) in [5, 5.41) is 7.47. The predicted octanol–water partition coefficient (Wildman–Crippen LogP) is 5.31. The molecule has 0 bridgehead atoms. The Kier molecular flexibility index (Phi) is 10.1. The Balaban J connectivity index is 0.00000150. The van der Waals surface area contributed by atoms with E-state index in [1.165, 1.54) is 49.2 Å². The number of benzene rings is 1. The summed E-state index contributed by atoms with van der Waals surface area (Å²) in [6.45, 7) is 4.86. The van der Waals surface area contributed by atoms with Crippen molar-refractivity contribution in [2.24, 2.45) is 0 Å². The van der Waals surface area contributed by atoms with Gasteiger partial charge in [-0.3, -0.25) is 4.90 Å². The van der Waals surface area contributed by atoms with Gasteiger partial charge in [0.25, 0.3) is 5.89 Å². The number of nitrogens with zero attached hydrogens (tertiary/aromatic N) is 3. The molecule has 0 atom stereocenters. The molecule has 8 heteroatoms. The molecule has 3 heterocycles. The molecular formula is C21H28Cl2N4OS. The van der Waals surface area contributed by atoms with Gasteiger partial charge in [0, 0.05) is 18.0 Å². The number of nitrogens with one attached hydrogen (secondary N) is 1. The van der Waals surface area contributed by atoms with Crippen LogP contribution in [0.1, 0.15) is 41.9 Å². The predicted molar refractivity (Wildman–Crippen MR) is 123 cm³/mol. The van der Waals surface area contributed by atoms with E-state index in [9.17, 15) is 0 Å². The van der Waals surface area contributed by atoms with E-state index in [1.807, 2.05) is 18.2 Å². The summed E-state index contributed by atoms with van der Waals surface area (Å²) in [6, 6.07) is 14.6. The molecule has 1 aliphatic heterocycles. The Labute approximate surface area is 188 Å². The average molecular weight is 455 g/mol. The molecule has 1 saturated heterocycles. The summed E-state index contributed by atoms with van der Waals surface area (Å²) < 4.78 is 5.47. The minimum atomic E-state index is 0. The maximum atomic E-state index is 5.47. The molecule has 1 fully saturated rings. The molecule has 4 rings (SSSR count). The van der Waals surface area contributed by atoms with E-state index in [4.69, 9.17) is 4.52 Å². The highest BCUT2D eigenvalue weighted by Gasteiger charge is 2.14. The normalized spacial score (nSPS) is 14.6. The first kappa shape index (κ1) is 23.8. The van der Waals surface area contributed by atoms with E-state index < -0.39 is 0 Å². The molecule has 29 heavy (non-hydrogen) atoms. The van der Waals surface area contributed by atoms with E-state index >= 15 is 0 Å². The van der Waals surface area contributed by atoms with Crippen LogP contribution < -0.4 is 5.32 Å². The number of aromatic nitrogens is 2. The number of halogens is 2. The molecule has 1 N–H and O–H groups in total. The highest BCUT2D eigenvalue weighted by atomic mass is 35.5. The fraction of sp³-hybridized carbons (Fsp3) is 0.429. The first-order valence-electron chi connectivity index (χ1n) is 9.75. The fourth-order valence-electron chi connectivity index (χ4n) is 3.43. The molecule has 1 aromatic carbocycles. The summed E-state index contributed by atoms with van der Waals surface area (Å²) in [5.41, 5.74) is 1.25. The van der Waals surface area contributed by atoms with Gasteiger partial charge >= 0.3 is 0 Å². The number of rotatable bonds is 7. The Hall–Kier alpha value is -1.44. The fourth-order valence-corrected chi connectivity index (χ4v) is 4.40. The molecule has 1 aliphatic rings. The van der Waals surface area contributed by atoms with Crippen LogP contribution in [0.15, 0.2) is 47.0 Å². The lowest BCUT2D eigenvalue weighted by Gasteiger charge is -2.18. The molecule has 0 aliphatic carbocycles. The van der Waals surface area contributed by atoms with Gasteiger partial charge in [0.05, 0.1) is 11.4 Å². The van der Waals surface area contributed by atoms with Crippen molar-refractivity contribution in [1.82, 2.24) is 20.4 Å². The van der Waals surface area contributed by atoms with Gasteiger partial charge in [0.1, 0.15) is 0 Å². The van der Waals surface area contributed by atoms with Crippen LogP contribution in [0.2, 0.25) is 0 Å². The van der Waals surface area contributed by atoms with Crippen LogP contribution in [0.25, 0.3) is 10.8 Å². The lowest BCUT2D eigenvalue weighted by Crippen LogP contribution is -2.23. The van der Waals surface area contributed by atoms with E-state index in [-0.39, 0.29) is 24.8 Å². The van der Waals surface area contributed by atoms with Crippen LogP contribution in [0.4, 0.5) is 0 Å². The second kappa shape index (κ2) is 12.3. The summed E-state index contributed by atoms with van der Waals surface area (Å²) >= 11 is 1.76. The quantitative estimate of drug-likeness (QED) is 0.524. The minimum Gasteiger partial charge on any atom is -0.333 e. The third kappa shape index (κ3) is 7.08. The topological polar surface area (TPSA) is 54.2 Å². The van der Waals surface area contributed by atoms with Gasteiger partial charge in [0.15, 0.2) is 5.82 Å². The van der Waals surface area contributed by atoms with Crippen molar-refractivity contribution in [3.8, 4) is 10.8 Å². The smallest absolute Gasteiger partial charge is 0.268 e. The first-order valence-corrected chi connectivity index (χ1v) is 10.6. The second-order valence-corrected chi connectivity index (χ2v) is 8.23. The molecular weight excluding hydrogens is 427 g/mol. The number of hydrogen-bond acceptors (Lipinski definition) is 6. The second-order valence-electron chi connectivity index (χ2n) is 7.06. The van der Waals surface area contributed by atoms with Gasteiger partial charge < -0.3 is 9.84 Å². The third-order valence-electron chi connectivity index (χ3n) is 4.87. The van der Waals surface area contributed by atoms with Crippen molar-refractivity contribution >= 4 is 36.2 Å². The Morgan fingerprint density at radius 2 is 1.69 bits per heavy atom. The minimum absolute atomic E-state index is 0. The third-order valence-corrected chi connectivity index (χ3v) is 5.93. The van der Waals surface area contributed by atoms with Gasteiger partial charge in [-0.05, 0) is 43.6 Å². The maximum Gasteiger partial charge on any atom is 0.268 e. The zero-order valence-corrected chi connectivity index (χ0v) is 18.8. The highest BCUT2D eigenvalue weighted by Crippen LogP contribution is 2.28. The molecule has 2 aromatic heterocycles. The monoisotopic (exact) mass is 454 g/mol. The number of thiophene rings is 1. The SMILES string of the molecule is Cl.Cl.c1ccc(CNCc2noc(-c3ccc(CN4CCCCCC4)s3)n2)cc1. The van der Waals surface area contributed by atoms with Crippen molar-refractivity contribution in [3.05, 3.63) is 58.7 Å². The van der Waals surface area contributed by atoms with Crippen LogP contribution in [0, 0.1) is 0 Å². The van der Waals surface area contributed by atoms with Crippen molar-refractivity contribution in [2.75, 3.05) is 13.1 Å². The molecule has 0 unspecified atom stereocenters. The van der Waals surface area contributed by atoms with Crippen molar-refractivity contribution in [3.63, 3.8) is 0 Å². The van der Waals surface area contributed by atoms with Crippen LogP contribution in [-0.2, 0) is 19.6 Å². The van der Waals surface area contributed by atoms with E-state index in [1.54, 1.807) is 11.3 Å². The highest BCUT2D eigenvalue weighted by molar-refractivity contribution is 7.15. The molecule has 5 nitrogen and oxygen atoms in total. The lowest BCUT2D eigenvalue weighted by molar-refractivity contribution is 0.279. The molecule has 0 radical (unpaired) electrons. The summed E-state index contributed by atoms with van der Waals surface area (Å²) in [4.78, 5) is 9.53. The number of hydrogen-bond donors (Lipinski definition) is 1. The summed E-state index contributed by atoms with van der Waals surface area (Å²) in [6.07, 6.45) is 5.38. The van der Waals surface area contributed by atoms with Gasteiger partial charge in [0.2, 0.25) is 0 Å². The van der Waals surface area contributed by atoms with Crippen LogP contribution >= 0.6 is 36.2 Å². The standard InChI is InChI=1S/C21H26N4OS.2ClH/c1-2-7-13-25(12-6-1)16-18-10-11-19(27-18)21-23-20(24-26-21)15-22-14-17-8-4-3-5-9-17;;/h3-5,8-11,22H,1-2,6-7,12-16H2;2*1H. The van der Waals surface area contributed by atoms with Gasteiger partial charge in [-0.1, -0.05) is 48.3 Å². The molecule has 0 amide bonds. The van der Waals surface area contributed by atoms with Crippen molar-refractivity contribution in [2.45, 2.75) is 45.3 Å². The van der Waals surface area contributed by atoms with Crippen LogP contribution in [-0.4, -0.2) is 28.1 Å². The zero-order chi connectivity index (χ0) is 18.3. The van der Waals surface area contributed by atoms with Crippen LogP contribution in [0.5, 0.6) is 0 Å². The van der Waals surface area contributed by atoms with Crippen LogP contribution in [0.3, 0.4) is 0 Å². The Morgan fingerprint density at radius 3 is 2.45 bits per heavy atom. The Bertz CT molecular complexity index is 832. The van der Waals surface area contributed by atoms with E-state index in [2.05, 4.69) is 44.6 Å².